The minimum Gasteiger partial charge on any atom is -0.208 e. The van der Waals surface area contributed by atoms with Crippen LogP contribution in [0.2, 0.25) is 0 Å². The van der Waals surface area contributed by atoms with Gasteiger partial charge < -0.3 is 0 Å². The second-order valence-corrected chi connectivity index (χ2v) is 14.5. The minimum absolute atomic E-state index is 0.179. The maximum atomic E-state index is 5.00. The van der Waals surface area contributed by atoms with E-state index < -0.39 is 0 Å². The lowest BCUT2D eigenvalue weighted by molar-refractivity contribution is 0.353. The summed E-state index contributed by atoms with van der Waals surface area (Å²) in [6, 6.07) is 50.3. The van der Waals surface area contributed by atoms with Gasteiger partial charge in [0, 0.05) is 42.3 Å². The molecule has 2 aliphatic carbocycles. The molecule has 10 rings (SSSR count). The highest BCUT2D eigenvalue weighted by Crippen LogP contribution is 2.56. The SMILES string of the molecule is c1ccc(-c2nc(-c3ccccc3)nc(-c3ccc4sc5c(-c6ccc7c(c6)-c6ccccc6C76CCCCC6)cccc5c4c3)n2)cc1. The number of fused-ring (bicyclic) bond motifs is 8. The standard InChI is InChI=1S/C45H33N3S/c1-4-13-29(14-5-1)42-46-43(30-15-6-2-7-16-30)48-44(47-42)32-22-24-40-37(28-32)35-19-12-18-33(41(35)49-40)31-21-23-39-36(27-31)34-17-8-9-20-38(34)45(39)25-10-3-11-26-45/h1-2,4-9,12-24,27-28H,3,10-11,25-26H2. The van der Waals surface area contributed by atoms with Gasteiger partial charge in [-0.15, -0.1) is 11.3 Å². The fraction of sp³-hybridized carbons (Fsp3) is 0.133. The van der Waals surface area contributed by atoms with E-state index in [-0.39, 0.29) is 5.41 Å². The van der Waals surface area contributed by atoms with Crippen molar-refractivity contribution < 1.29 is 0 Å². The fourth-order valence-corrected chi connectivity index (χ4v) is 9.65. The molecule has 8 aromatic rings. The monoisotopic (exact) mass is 647 g/mol. The van der Waals surface area contributed by atoms with E-state index in [4.69, 9.17) is 15.0 Å². The highest BCUT2D eigenvalue weighted by molar-refractivity contribution is 7.26. The molecular weight excluding hydrogens is 615 g/mol. The van der Waals surface area contributed by atoms with Crippen molar-refractivity contribution in [2.45, 2.75) is 37.5 Å². The van der Waals surface area contributed by atoms with Crippen LogP contribution in [0.25, 0.3) is 76.6 Å². The Balaban J connectivity index is 1.10. The number of benzene rings is 6. The quantitative estimate of drug-likeness (QED) is 0.191. The second-order valence-electron chi connectivity index (χ2n) is 13.5. The molecule has 0 N–H and O–H groups in total. The summed E-state index contributed by atoms with van der Waals surface area (Å²) < 4.78 is 2.58. The first-order valence-corrected chi connectivity index (χ1v) is 18.1. The van der Waals surface area contributed by atoms with Crippen LogP contribution in [0.4, 0.5) is 0 Å². The molecule has 3 nitrogen and oxygen atoms in total. The maximum absolute atomic E-state index is 5.00. The van der Waals surface area contributed by atoms with E-state index in [0.717, 1.165) is 16.7 Å². The second kappa shape index (κ2) is 11.3. The molecule has 0 aliphatic heterocycles. The van der Waals surface area contributed by atoms with Crippen LogP contribution in [0, 0.1) is 0 Å². The predicted octanol–water partition coefficient (Wildman–Crippen LogP) is 12.1. The fourth-order valence-electron chi connectivity index (χ4n) is 8.43. The molecule has 6 aromatic carbocycles. The number of aromatic nitrogens is 3. The third-order valence-corrected chi connectivity index (χ3v) is 12.0. The topological polar surface area (TPSA) is 38.7 Å². The van der Waals surface area contributed by atoms with E-state index in [1.54, 1.807) is 5.56 Å². The third kappa shape index (κ3) is 4.58. The van der Waals surface area contributed by atoms with Crippen LogP contribution in [-0.2, 0) is 5.41 Å². The van der Waals surface area contributed by atoms with Crippen LogP contribution in [0.3, 0.4) is 0 Å². The molecule has 1 spiro atoms. The number of rotatable bonds is 4. The normalized spacial score (nSPS) is 14.7. The number of hydrogen-bond donors (Lipinski definition) is 0. The van der Waals surface area contributed by atoms with Gasteiger partial charge >= 0.3 is 0 Å². The van der Waals surface area contributed by atoms with Gasteiger partial charge in [0.1, 0.15) is 0 Å². The Bertz CT molecular complexity index is 2470. The molecule has 1 saturated carbocycles. The largest absolute Gasteiger partial charge is 0.208 e. The molecule has 0 bridgehead atoms. The first-order chi connectivity index (χ1) is 24.2. The van der Waals surface area contributed by atoms with Gasteiger partial charge in [0.05, 0.1) is 0 Å². The summed E-state index contributed by atoms with van der Waals surface area (Å²) in [5.74, 6) is 2.03. The van der Waals surface area contributed by atoms with Crippen molar-refractivity contribution in [1.82, 2.24) is 15.0 Å². The molecule has 0 atom stereocenters. The average Bonchev–Trinajstić information content (AvgIpc) is 3.68. The van der Waals surface area contributed by atoms with Gasteiger partial charge in [0.25, 0.3) is 0 Å². The van der Waals surface area contributed by atoms with Gasteiger partial charge in [-0.3, -0.25) is 0 Å². The molecule has 2 aromatic heterocycles. The minimum atomic E-state index is 0.179. The molecule has 1 fully saturated rings. The summed E-state index contributed by atoms with van der Waals surface area (Å²) >= 11 is 1.87. The molecule has 2 heterocycles. The number of thiophene rings is 1. The Labute approximate surface area is 290 Å². The van der Waals surface area contributed by atoms with E-state index >= 15 is 0 Å². The zero-order chi connectivity index (χ0) is 32.4. The van der Waals surface area contributed by atoms with Crippen molar-refractivity contribution in [2.24, 2.45) is 0 Å². The van der Waals surface area contributed by atoms with E-state index in [2.05, 4.69) is 103 Å². The molecule has 2 aliphatic rings. The Hall–Kier alpha value is -5.45. The first-order valence-electron chi connectivity index (χ1n) is 17.3. The van der Waals surface area contributed by atoms with E-state index in [9.17, 15) is 0 Å². The van der Waals surface area contributed by atoms with E-state index in [0.29, 0.717) is 17.5 Å². The van der Waals surface area contributed by atoms with Gasteiger partial charge in [0.15, 0.2) is 17.5 Å². The lowest BCUT2D eigenvalue weighted by Crippen LogP contribution is -2.27. The smallest absolute Gasteiger partial charge is 0.164 e. The van der Waals surface area contributed by atoms with Gasteiger partial charge in [-0.1, -0.05) is 135 Å². The van der Waals surface area contributed by atoms with Gasteiger partial charge in [-0.2, -0.15) is 0 Å². The van der Waals surface area contributed by atoms with Gasteiger partial charge in [-0.25, -0.2) is 15.0 Å². The van der Waals surface area contributed by atoms with Crippen LogP contribution in [0.5, 0.6) is 0 Å². The van der Waals surface area contributed by atoms with Crippen molar-refractivity contribution in [1.29, 1.82) is 0 Å². The molecule has 0 radical (unpaired) electrons. The molecule has 0 amide bonds. The molecule has 4 heteroatoms. The van der Waals surface area contributed by atoms with Crippen LogP contribution >= 0.6 is 11.3 Å². The Morgan fingerprint density at radius 3 is 1.78 bits per heavy atom. The Morgan fingerprint density at radius 2 is 1.04 bits per heavy atom. The maximum Gasteiger partial charge on any atom is 0.164 e. The Morgan fingerprint density at radius 1 is 0.429 bits per heavy atom. The highest BCUT2D eigenvalue weighted by atomic mass is 32.1. The summed E-state index contributed by atoms with van der Waals surface area (Å²) in [5, 5.41) is 2.50. The van der Waals surface area contributed by atoms with Crippen LogP contribution < -0.4 is 0 Å². The molecule has 0 saturated heterocycles. The summed E-state index contributed by atoms with van der Waals surface area (Å²) in [5.41, 5.74) is 11.6. The lowest BCUT2D eigenvalue weighted by atomic mass is 9.68. The van der Waals surface area contributed by atoms with Crippen LogP contribution in [0.15, 0.2) is 140 Å². The summed E-state index contributed by atoms with van der Waals surface area (Å²) in [6.45, 7) is 0. The molecule has 234 valence electrons. The van der Waals surface area contributed by atoms with Gasteiger partial charge in [0.2, 0.25) is 0 Å². The summed E-state index contributed by atoms with van der Waals surface area (Å²) in [6.07, 6.45) is 6.48. The van der Waals surface area contributed by atoms with Crippen molar-refractivity contribution in [3.05, 3.63) is 151 Å². The molecular formula is C45H33N3S. The Kier molecular flexibility index (Phi) is 6.60. The summed E-state index contributed by atoms with van der Waals surface area (Å²) in [4.78, 5) is 14.9. The lowest BCUT2D eigenvalue weighted by Gasteiger charge is -2.36. The average molecular weight is 648 g/mol. The van der Waals surface area contributed by atoms with Crippen LogP contribution in [0.1, 0.15) is 43.2 Å². The first kappa shape index (κ1) is 28.6. The zero-order valence-electron chi connectivity index (χ0n) is 27.1. The van der Waals surface area contributed by atoms with Crippen molar-refractivity contribution >= 4 is 31.5 Å². The zero-order valence-corrected chi connectivity index (χ0v) is 27.9. The van der Waals surface area contributed by atoms with Crippen molar-refractivity contribution in [2.75, 3.05) is 0 Å². The third-order valence-electron chi connectivity index (χ3n) is 10.7. The highest BCUT2D eigenvalue weighted by Gasteiger charge is 2.43. The molecule has 0 unspecified atom stereocenters. The van der Waals surface area contributed by atoms with E-state index in [1.165, 1.54) is 80.1 Å². The van der Waals surface area contributed by atoms with Crippen molar-refractivity contribution in [3.63, 3.8) is 0 Å². The molecule has 49 heavy (non-hydrogen) atoms. The van der Waals surface area contributed by atoms with Crippen molar-refractivity contribution in [3.8, 4) is 56.4 Å². The number of hydrogen-bond acceptors (Lipinski definition) is 4. The predicted molar refractivity (Wildman–Crippen MR) is 204 cm³/mol. The summed E-state index contributed by atoms with van der Waals surface area (Å²) in [7, 11) is 0. The van der Waals surface area contributed by atoms with Gasteiger partial charge in [-0.05, 0) is 70.5 Å². The van der Waals surface area contributed by atoms with Crippen LogP contribution in [-0.4, -0.2) is 15.0 Å². The number of nitrogens with zero attached hydrogens (tertiary/aromatic N) is 3. The van der Waals surface area contributed by atoms with E-state index in [1.807, 2.05) is 47.7 Å².